The molecule has 0 radical (unpaired) electrons. The first-order valence-corrected chi connectivity index (χ1v) is 4.16. The molecule has 1 saturated heterocycles. The van der Waals surface area contributed by atoms with Gasteiger partial charge in [-0.05, 0) is 32.2 Å². The monoisotopic (exact) mass is 143 g/mol. The highest BCUT2D eigenvalue weighted by Gasteiger charge is 2.14. The van der Waals surface area contributed by atoms with Crippen molar-refractivity contribution in [3.8, 4) is 0 Å². The molecule has 0 aromatic rings. The van der Waals surface area contributed by atoms with E-state index in [4.69, 9.17) is 4.74 Å². The van der Waals surface area contributed by atoms with Crippen molar-refractivity contribution < 1.29 is 4.74 Å². The second kappa shape index (κ2) is 4.69. The number of methoxy groups -OCH3 is 1. The highest BCUT2D eigenvalue weighted by atomic mass is 16.5. The lowest BCUT2D eigenvalue weighted by Gasteiger charge is -2.27. The first-order valence-electron chi connectivity index (χ1n) is 4.16. The Bertz CT molecular complexity index is 81.3. The maximum Gasteiger partial charge on any atom is 0.0462 e. The van der Waals surface area contributed by atoms with Gasteiger partial charge in [-0.2, -0.15) is 0 Å². The summed E-state index contributed by atoms with van der Waals surface area (Å²) in [5.74, 6) is 0. The molecule has 1 heterocycles. The predicted octanol–water partition coefficient (Wildman–Crippen LogP) is 1.17. The van der Waals surface area contributed by atoms with Crippen molar-refractivity contribution in [1.29, 1.82) is 0 Å². The lowest BCUT2D eigenvalue weighted by Crippen LogP contribution is -2.42. The van der Waals surface area contributed by atoms with Gasteiger partial charge in [-0.1, -0.05) is 0 Å². The van der Waals surface area contributed by atoms with E-state index in [9.17, 15) is 0 Å². The van der Waals surface area contributed by atoms with E-state index in [1.54, 1.807) is 7.11 Å². The molecule has 0 aromatic carbocycles. The molecule has 0 amide bonds. The highest BCUT2D eigenvalue weighted by Crippen LogP contribution is 2.10. The van der Waals surface area contributed by atoms with Crippen LogP contribution < -0.4 is 5.32 Å². The van der Waals surface area contributed by atoms with E-state index in [1.807, 2.05) is 0 Å². The quantitative estimate of drug-likeness (QED) is 0.583. The molecule has 1 fully saturated rings. The Balaban J connectivity index is 1.76. The van der Waals surface area contributed by atoms with Crippen molar-refractivity contribution in [2.45, 2.75) is 31.7 Å². The lowest BCUT2D eigenvalue weighted by molar-refractivity contribution is 0.189. The number of ether oxygens (including phenoxy) is 1. The van der Waals surface area contributed by atoms with Crippen molar-refractivity contribution in [2.75, 3.05) is 20.3 Å². The van der Waals surface area contributed by atoms with E-state index < -0.39 is 0 Å². The minimum atomic E-state index is 0.830. The van der Waals surface area contributed by atoms with Crippen LogP contribution in [0.5, 0.6) is 0 Å². The maximum absolute atomic E-state index is 4.95. The van der Waals surface area contributed by atoms with Crippen molar-refractivity contribution in [3.63, 3.8) is 0 Å². The van der Waals surface area contributed by atoms with Crippen LogP contribution in [0.2, 0.25) is 0 Å². The molecule has 0 spiro atoms. The van der Waals surface area contributed by atoms with E-state index in [0.29, 0.717) is 0 Å². The largest absolute Gasteiger partial charge is 0.385 e. The van der Waals surface area contributed by atoms with Gasteiger partial charge in [-0.3, -0.25) is 0 Å². The van der Waals surface area contributed by atoms with Crippen LogP contribution in [0.3, 0.4) is 0 Å². The first-order chi connectivity index (χ1) is 4.93. The van der Waals surface area contributed by atoms with Gasteiger partial charge >= 0.3 is 0 Å². The topological polar surface area (TPSA) is 21.3 Å². The molecule has 2 heteroatoms. The Kier molecular flexibility index (Phi) is 3.76. The van der Waals surface area contributed by atoms with E-state index in [1.165, 1.54) is 32.2 Å². The Morgan fingerprint density at radius 1 is 1.50 bits per heavy atom. The fourth-order valence-electron chi connectivity index (χ4n) is 1.23. The molecule has 1 atom stereocenters. The van der Waals surface area contributed by atoms with Crippen LogP contribution in [0.25, 0.3) is 0 Å². The Morgan fingerprint density at radius 2 is 2.30 bits per heavy atom. The number of rotatable bonds is 5. The summed E-state index contributed by atoms with van der Waals surface area (Å²) in [5, 5.41) is 3.38. The van der Waals surface area contributed by atoms with Gasteiger partial charge in [0.15, 0.2) is 0 Å². The van der Waals surface area contributed by atoms with Crippen LogP contribution in [0.4, 0.5) is 0 Å². The van der Waals surface area contributed by atoms with Crippen LogP contribution >= 0.6 is 0 Å². The fraction of sp³-hybridized carbons (Fsp3) is 1.00. The fourth-order valence-corrected chi connectivity index (χ4v) is 1.23. The van der Waals surface area contributed by atoms with Gasteiger partial charge in [0.2, 0.25) is 0 Å². The molecule has 1 unspecified atom stereocenters. The van der Waals surface area contributed by atoms with Crippen LogP contribution in [0.15, 0.2) is 0 Å². The van der Waals surface area contributed by atoms with Crippen LogP contribution in [0, 0.1) is 0 Å². The summed E-state index contributed by atoms with van der Waals surface area (Å²) in [5.41, 5.74) is 0. The number of unbranched alkanes of at least 4 members (excludes halogenated alkanes) is 1. The van der Waals surface area contributed by atoms with Gasteiger partial charge in [0.25, 0.3) is 0 Å². The van der Waals surface area contributed by atoms with Crippen molar-refractivity contribution >= 4 is 0 Å². The standard InChI is InChI=1S/C8H17NO/c1-10-7-3-2-4-8-5-6-9-8/h8-9H,2-7H2,1H3. The summed E-state index contributed by atoms with van der Waals surface area (Å²) in [6.45, 7) is 2.15. The molecule has 2 nitrogen and oxygen atoms in total. The van der Waals surface area contributed by atoms with Gasteiger partial charge in [-0.25, -0.2) is 0 Å². The summed E-state index contributed by atoms with van der Waals surface area (Å²) in [6.07, 6.45) is 5.25. The smallest absolute Gasteiger partial charge is 0.0462 e. The first kappa shape index (κ1) is 8.02. The Hall–Kier alpha value is -0.0800. The molecule has 0 saturated carbocycles. The third kappa shape index (κ3) is 2.67. The SMILES string of the molecule is COCCCCC1CCN1. The molecule has 1 N–H and O–H groups in total. The molecule has 0 aromatic heterocycles. The van der Waals surface area contributed by atoms with Gasteiger partial charge in [0, 0.05) is 19.8 Å². The second-order valence-corrected chi connectivity index (χ2v) is 2.93. The van der Waals surface area contributed by atoms with Crippen LogP contribution in [0.1, 0.15) is 25.7 Å². The number of hydrogen-bond acceptors (Lipinski definition) is 2. The van der Waals surface area contributed by atoms with Gasteiger partial charge in [-0.15, -0.1) is 0 Å². The molecule has 1 aliphatic heterocycles. The molecule has 0 aliphatic carbocycles. The lowest BCUT2D eigenvalue weighted by atomic mass is 10.0. The average Bonchev–Trinajstić information content (AvgIpc) is 1.84. The van der Waals surface area contributed by atoms with Gasteiger partial charge in [0.05, 0.1) is 0 Å². The van der Waals surface area contributed by atoms with E-state index >= 15 is 0 Å². The molecular weight excluding hydrogens is 126 g/mol. The molecular formula is C8H17NO. The van der Waals surface area contributed by atoms with Crippen molar-refractivity contribution in [3.05, 3.63) is 0 Å². The molecule has 60 valence electrons. The predicted molar refractivity (Wildman–Crippen MR) is 42.1 cm³/mol. The zero-order chi connectivity index (χ0) is 7.23. The van der Waals surface area contributed by atoms with Crippen molar-refractivity contribution in [1.82, 2.24) is 5.32 Å². The van der Waals surface area contributed by atoms with E-state index in [-0.39, 0.29) is 0 Å². The highest BCUT2D eigenvalue weighted by molar-refractivity contribution is 4.76. The number of hydrogen-bond donors (Lipinski definition) is 1. The Labute approximate surface area is 63.0 Å². The molecule has 1 rings (SSSR count). The number of nitrogens with one attached hydrogen (secondary N) is 1. The Morgan fingerprint density at radius 3 is 2.80 bits per heavy atom. The minimum absolute atomic E-state index is 0.830. The van der Waals surface area contributed by atoms with Gasteiger partial charge < -0.3 is 10.1 Å². The van der Waals surface area contributed by atoms with Crippen LogP contribution in [-0.4, -0.2) is 26.3 Å². The average molecular weight is 143 g/mol. The summed E-state index contributed by atoms with van der Waals surface area (Å²) >= 11 is 0. The summed E-state index contributed by atoms with van der Waals surface area (Å²) in [7, 11) is 1.77. The summed E-state index contributed by atoms with van der Waals surface area (Å²) < 4.78 is 4.95. The van der Waals surface area contributed by atoms with Crippen LogP contribution in [-0.2, 0) is 4.74 Å². The second-order valence-electron chi connectivity index (χ2n) is 2.93. The normalized spacial score (nSPS) is 24.3. The maximum atomic E-state index is 4.95. The third-order valence-corrected chi connectivity index (χ3v) is 2.08. The minimum Gasteiger partial charge on any atom is -0.385 e. The van der Waals surface area contributed by atoms with Gasteiger partial charge in [0.1, 0.15) is 0 Å². The zero-order valence-corrected chi connectivity index (χ0v) is 6.73. The van der Waals surface area contributed by atoms with E-state index in [2.05, 4.69) is 5.32 Å². The third-order valence-electron chi connectivity index (χ3n) is 2.08. The molecule has 10 heavy (non-hydrogen) atoms. The zero-order valence-electron chi connectivity index (χ0n) is 6.73. The summed E-state index contributed by atoms with van der Waals surface area (Å²) in [6, 6.07) is 0.830. The molecule has 1 aliphatic rings. The summed E-state index contributed by atoms with van der Waals surface area (Å²) in [4.78, 5) is 0. The molecule has 0 bridgehead atoms. The van der Waals surface area contributed by atoms with E-state index in [0.717, 1.165) is 12.6 Å². The van der Waals surface area contributed by atoms with Crippen molar-refractivity contribution in [2.24, 2.45) is 0 Å².